The van der Waals surface area contributed by atoms with Crippen molar-refractivity contribution >= 4 is 38.3 Å². The number of aromatic nitrogens is 2. The first-order valence-corrected chi connectivity index (χ1v) is 13.2. The maximum atomic E-state index is 14.7. The van der Waals surface area contributed by atoms with E-state index in [4.69, 9.17) is 22.1 Å². The highest BCUT2D eigenvalue weighted by atomic mass is 35.5. The highest BCUT2D eigenvalue weighted by Crippen LogP contribution is 2.42. The Labute approximate surface area is 205 Å². The number of nitrogens with one attached hydrogen (secondary N) is 1. The summed E-state index contributed by atoms with van der Waals surface area (Å²) in [5.41, 5.74) is 6.98. The molecule has 7 nitrogen and oxygen atoms in total. The molecule has 34 heavy (non-hydrogen) atoms. The van der Waals surface area contributed by atoms with Gasteiger partial charge in [-0.1, -0.05) is 23.7 Å². The summed E-state index contributed by atoms with van der Waals surface area (Å²) in [4.78, 5) is 2.84. The van der Waals surface area contributed by atoms with Gasteiger partial charge < -0.3 is 10.5 Å². The average molecular weight is 529 g/mol. The first-order chi connectivity index (χ1) is 16.2. The van der Waals surface area contributed by atoms with Crippen LogP contribution in [-0.4, -0.2) is 30.4 Å². The van der Waals surface area contributed by atoms with Crippen LogP contribution in [0.2, 0.25) is 5.02 Å². The Bertz CT molecular complexity index is 1230. The summed E-state index contributed by atoms with van der Waals surface area (Å²) in [7, 11) is -4.38. The third-order valence-electron chi connectivity index (χ3n) is 6.14. The SMILES string of the molecule is NC1CCC(CCOc2cc(F)c(S(=O)(=O)Nc3ncns3)cc2F)(c2ccc(Cl)cc2)CC1. The number of nitrogens with two attached hydrogens (primary N) is 1. The van der Waals surface area contributed by atoms with Crippen LogP contribution < -0.4 is 15.2 Å². The normalized spacial score (nSPS) is 20.8. The van der Waals surface area contributed by atoms with Gasteiger partial charge >= 0.3 is 0 Å². The summed E-state index contributed by atoms with van der Waals surface area (Å²) in [6.07, 6.45) is 5.07. The van der Waals surface area contributed by atoms with Crippen LogP contribution in [0.1, 0.15) is 37.7 Å². The summed E-state index contributed by atoms with van der Waals surface area (Å²) in [6, 6.07) is 9.10. The highest BCUT2D eigenvalue weighted by Gasteiger charge is 2.36. The van der Waals surface area contributed by atoms with E-state index in [9.17, 15) is 17.2 Å². The second kappa shape index (κ2) is 10.1. The van der Waals surface area contributed by atoms with Gasteiger partial charge in [0.05, 0.1) is 6.61 Å². The molecule has 182 valence electrons. The maximum absolute atomic E-state index is 14.7. The van der Waals surface area contributed by atoms with Gasteiger partial charge in [0, 0.05) is 34.7 Å². The lowest BCUT2D eigenvalue weighted by atomic mass is 9.66. The molecule has 0 atom stereocenters. The number of halogens is 3. The lowest BCUT2D eigenvalue weighted by molar-refractivity contribution is 0.196. The molecular formula is C22H23ClF2N4O3S2. The molecule has 1 saturated carbocycles. The lowest BCUT2D eigenvalue weighted by Crippen LogP contribution is -2.38. The standard InChI is InChI=1S/C22H23ClF2N4O3S2/c23-15-3-1-14(2-4-15)22(7-5-16(26)6-8-22)9-10-32-19-11-18(25)20(12-17(19)24)34(30,31)29-21-27-13-28-33-21/h1-4,11-13,16H,5-10,26H2,(H,27,28,29). The number of nitrogens with zero attached hydrogens (tertiary/aromatic N) is 2. The van der Waals surface area contributed by atoms with Crippen molar-refractivity contribution in [3.63, 3.8) is 0 Å². The first-order valence-electron chi connectivity index (χ1n) is 10.6. The molecule has 0 aliphatic heterocycles. The van der Waals surface area contributed by atoms with Gasteiger partial charge in [0.1, 0.15) is 17.0 Å². The molecule has 0 unspecified atom stereocenters. The van der Waals surface area contributed by atoms with E-state index in [0.29, 0.717) is 17.5 Å². The summed E-state index contributed by atoms with van der Waals surface area (Å²) >= 11 is 6.82. The molecule has 3 N–H and O–H groups in total. The van der Waals surface area contributed by atoms with E-state index in [1.165, 1.54) is 0 Å². The van der Waals surface area contributed by atoms with Crippen molar-refractivity contribution in [1.29, 1.82) is 0 Å². The van der Waals surface area contributed by atoms with Crippen LogP contribution in [0.3, 0.4) is 0 Å². The molecule has 3 aromatic rings. The zero-order valence-corrected chi connectivity index (χ0v) is 20.4. The van der Waals surface area contributed by atoms with E-state index in [1.807, 2.05) is 24.3 Å². The third kappa shape index (κ3) is 5.48. The van der Waals surface area contributed by atoms with Crippen LogP contribution in [-0.2, 0) is 15.4 Å². The summed E-state index contributed by atoms with van der Waals surface area (Å²) in [6.45, 7) is 0.114. The van der Waals surface area contributed by atoms with Crippen molar-refractivity contribution in [2.45, 2.75) is 48.5 Å². The van der Waals surface area contributed by atoms with Crippen molar-refractivity contribution in [1.82, 2.24) is 9.36 Å². The van der Waals surface area contributed by atoms with Crippen molar-refractivity contribution in [3.05, 3.63) is 64.9 Å². The number of ether oxygens (including phenoxy) is 1. The largest absolute Gasteiger partial charge is 0.490 e. The molecule has 1 aliphatic carbocycles. The van der Waals surface area contributed by atoms with Gasteiger partial charge in [-0.25, -0.2) is 22.2 Å². The minimum Gasteiger partial charge on any atom is -0.490 e. The summed E-state index contributed by atoms with van der Waals surface area (Å²) in [5.74, 6) is -2.47. The summed E-state index contributed by atoms with van der Waals surface area (Å²) in [5, 5.41) is 0.579. The molecule has 0 saturated heterocycles. The molecule has 1 heterocycles. The average Bonchev–Trinajstić information content (AvgIpc) is 3.30. The van der Waals surface area contributed by atoms with Gasteiger partial charge in [0.2, 0.25) is 5.13 Å². The number of hydrogen-bond acceptors (Lipinski definition) is 7. The fourth-order valence-corrected chi connectivity index (χ4v) is 6.11. The van der Waals surface area contributed by atoms with Gasteiger partial charge in [0.25, 0.3) is 10.0 Å². The number of rotatable bonds is 8. The Morgan fingerprint density at radius 1 is 1.18 bits per heavy atom. The number of sulfonamides is 1. The molecular weight excluding hydrogens is 506 g/mol. The van der Waals surface area contributed by atoms with Gasteiger partial charge in [-0.3, -0.25) is 4.72 Å². The Balaban J connectivity index is 1.49. The molecule has 1 aliphatic rings. The number of benzene rings is 2. The van der Waals surface area contributed by atoms with Crippen LogP contribution in [0, 0.1) is 11.6 Å². The van der Waals surface area contributed by atoms with E-state index in [1.54, 1.807) is 0 Å². The molecule has 12 heteroatoms. The monoisotopic (exact) mass is 528 g/mol. The number of hydrogen-bond donors (Lipinski definition) is 2. The Morgan fingerprint density at radius 2 is 1.88 bits per heavy atom. The zero-order chi connectivity index (χ0) is 24.3. The minimum absolute atomic E-state index is 0.0557. The van der Waals surface area contributed by atoms with Crippen LogP contribution >= 0.6 is 23.1 Å². The van der Waals surface area contributed by atoms with Gasteiger partial charge in [0.15, 0.2) is 11.6 Å². The zero-order valence-electron chi connectivity index (χ0n) is 18.0. The van der Waals surface area contributed by atoms with Crippen LogP contribution in [0.4, 0.5) is 13.9 Å². The van der Waals surface area contributed by atoms with Crippen LogP contribution in [0.25, 0.3) is 0 Å². The van der Waals surface area contributed by atoms with Crippen molar-refractivity contribution in [3.8, 4) is 5.75 Å². The quantitative estimate of drug-likeness (QED) is 0.431. The van der Waals surface area contributed by atoms with Crippen LogP contribution in [0.15, 0.2) is 47.6 Å². The first kappa shape index (κ1) is 24.8. The maximum Gasteiger partial charge on any atom is 0.266 e. The summed E-state index contributed by atoms with van der Waals surface area (Å²) < 4.78 is 65.5. The van der Waals surface area contributed by atoms with Gasteiger partial charge in [-0.2, -0.15) is 4.37 Å². The second-order valence-electron chi connectivity index (χ2n) is 8.29. The van der Waals surface area contributed by atoms with Crippen LogP contribution in [0.5, 0.6) is 5.75 Å². The minimum atomic E-state index is -4.38. The smallest absolute Gasteiger partial charge is 0.266 e. The third-order valence-corrected chi connectivity index (χ3v) is 8.46. The molecule has 2 aromatic carbocycles. The molecule has 1 aromatic heterocycles. The van der Waals surface area contributed by atoms with E-state index in [-0.39, 0.29) is 28.9 Å². The van der Waals surface area contributed by atoms with E-state index in [0.717, 1.165) is 55.2 Å². The molecule has 0 spiro atoms. The Kier molecular flexibility index (Phi) is 7.36. The predicted molar refractivity (Wildman–Crippen MR) is 127 cm³/mol. The fourth-order valence-electron chi connectivity index (χ4n) is 4.25. The van der Waals surface area contributed by atoms with Crippen molar-refractivity contribution < 1.29 is 21.9 Å². The fraction of sp³-hybridized carbons (Fsp3) is 0.364. The molecule has 0 radical (unpaired) electrons. The second-order valence-corrected chi connectivity index (χ2v) is 11.2. The van der Waals surface area contributed by atoms with E-state index < -0.39 is 26.6 Å². The molecule has 4 rings (SSSR count). The molecule has 1 fully saturated rings. The van der Waals surface area contributed by atoms with Crippen molar-refractivity contribution in [2.75, 3.05) is 11.3 Å². The molecule has 0 amide bonds. The van der Waals surface area contributed by atoms with Crippen molar-refractivity contribution in [2.24, 2.45) is 5.73 Å². The number of anilines is 1. The highest BCUT2D eigenvalue weighted by molar-refractivity contribution is 7.93. The van der Waals surface area contributed by atoms with E-state index >= 15 is 0 Å². The Morgan fingerprint density at radius 3 is 2.53 bits per heavy atom. The predicted octanol–water partition coefficient (Wildman–Crippen LogP) is 4.88. The molecule has 0 bridgehead atoms. The van der Waals surface area contributed by atoms with E-state index in [2.05, 4.69) is 14.1 Å². The Hall–Kier alpha value is -2.34. The van der Waals surface area contributed by atoms with Gasteiger partial charge in [-0.15, -0.1) is 0 Å². The van der Waals surface area contributed by atoms with Gasteiger partial charge in [-0.05, 0) is 55.2 Å². The lowest BCUT2D eigenvalue weighted by Gasteiger charge is -2.40. The topological polar surface area (TPSA) is 107 Å².